The van der Waals surface area contributed by atoms with Crippen molar-refractivity contribution in [3.8, 4) is 5.88 Å². The van der Waals surface area contributed by atoms with Gasteiger partial charge in [0.05, 0.1) is 0 Å². The molecule has 0 radical (unpaired) electrons. The standard InChI is InChI=1S/C24H35N5OS/c1-25-24(27-16-18-9-6-14-29(2)22(18)21-12-7-15-31-21)28-17-19-8-5-13-26-23(19)30-20-10-3-4-11-20/h5,7-8,12-13,15,18,20,22H,3-4,6,9-11,14,16-17H2,1-2H3,(H2,25,27,28). The molecule has 1 saturated carbocycles. The first-order valence-electron chi connectivity index (χ1n) is 11.5. The van der Waals surface area contributed by atoms with E-state index in [4.69, 9.17) is 4.74 Å². The minimum absolute atomic E-state index is 0.309. The van der Waals surface area contributed by atoms with Gasteiger partial charge in [0, 0.05) is 42.8 Å². The van der Waals surface area contributed by atoms with Crippen molar-refractivity contribution in [2.24, 2.45) is 10.9 Å². The maximum absolute atomic E-state index is 6.18. The van der Waals surface area contributed by atoms with Crippen LogP contribution < -0.4 is 15.4 Å². The van der Waals surface area contributed by atoms with E-state index < -0.39 is 0 Å². The Morgan fingerprint density at radius 1 is 1.19 bits per heavy atom. The summed E-state index contributed by atoms with van der Waals surface area (Å²) in [6.45, 7) is 2.72. The summed E-state index contributed by atoms with van der Waals surface area (Å²) in [5, 5.41) is 9.21. The van der Waals surface area contributed by atoms with Crippen LogP contribution in [-0.4, -0.2) is 49.1 Å². The fourth-order valence-electron chi connectivity index (χ4n) is 4.84. The lowest BCUT2D eigenvalue weighted by Crippen LogP contribution is -2.44. The zero-order valence-corrected chi connectivity index (χ0v) is 19.5. The van der Waals surface area contributed by atoms with Crippen LogP contribution in [0.4, 0.5) is 0 Å². The van der Waals surface area contributed by atoms with Crippen molar-refractivity contribution in [3.63, 3.8) is 0 Å². The monoisotopic (exact) mass is 441 g/mol. The fourth-order valence-corrected chi connectivity index (χ4v) is 5.82. The predicted molar refractivity (Wildman–Crippen MR) is 128 cm³/mol. The lowest BCUT2D eigenvalue weighted by atomic mass is 9.88. The molecule has 0 spiro atoms. The third kappa shape index (κ3) is 5.77. The van der Waals surface area contributed by atoms with Gasteiger partial charge in [-0.25, -0.2) is 4.98 Å². The molecular weight excluding hydrogens is 406 g/mol. The lowest BCUT2D eigenvalue weighted by Gasteiger charge is -2.39. The molecule has 0 amide bonds. The molecule has 0 bridgehead atoms. The molecule has 1 saturated heterocycles. The highest BCUT2D eigenvalue weighted by molar-refractivity contribution is 7.10. The molecule has 0 aromatic carbocycles. The quantitative estimate of drug-likeness (QED) is 0.498. The van der Waals surface area contributed by atoms with Crippen molar-refractivity contribution >= 4 is 17.3 Å². The van der Waals surface area contributed by atoms with Crippen LogP contribution in [0.15, 0.2) is 40.8 Å². The molecule has 2 atom stereocenters. The summed E-state index contributed by atoms with van der Waals surface area (Å²) in [6, 6.07) is 8.96. The zero-order chi connectivity index (χ0) is 21.5. The van der Waals surface area contributed by atoms with Crippen LogP contribution in [0.25, 0.3) is 0 Å². The molecule has 4 rings (SSSR count). The topological polar surface area (TPSA) is 61.8 Å². The van der Waals surface area contributed by atoms with Crippen LogP contribution in [0.5, 0.6) is 5.88 Å². The van der Waals surface area contributed by atoms with Gasteiger partial charge in [0.25, 0.3) is 0 Å². The summed E-state index contributed by atoms with van der Waals surface area (Å²) < 4.78 is 6.18. The molecule has 2 aliphatic rings. The van der Waals surface area contributed by atoms with Crippen molar-refractivity contribution < 1.29 is 4.74 Å². The molecule has 2 fully saturated rings. The van der Waals surface area contributed by atoms with Gasteiger partial charge in [0.1, 0.15) is 6.10 Å². The number of nitrogens with one attached hydrogen (secondary N) is 2. The Balaban J connectivity index is 1.33. The number of aromatic nitrogens is 1. The summed E-state index contributed by atoms with van der Waals surface area (Å²) >= 11 is 1.86. The first-order chi connectivity index (χ1) is 15.2. The van der Waals surface area contributed by atoms with Crippen LogP contribution in [0.3, 0.4) is 0 Å². The van der Waals surface area contributed by atoms with Gasteiger partial charge < -0.3 is 15.4 Å². The van der Waals surface area contributed by atoms with Crippen LogP contribution in [0.1, 0.15) is 55.0 Å². The highest BCUT2D eigenvalue weighted by Gasteiger charge is 2.31. The van der Waals surface area contributed by atoms with Gasteiger partial charge in [-0.05, 0) is 75.5 Å². The number of hydrogen-bond acceptors (Lipinski definition) is 5. The van der Waals surface area contributed by atoms with Crippen LogP contribution in [0, 0.1) is 5.92 Å². The Kier molecular flexibility index (Phi) is 7.81. The van der Waals surface area contributed by atoms with E-state index in [0.717, 1.165) is 43.3 Å². The van der Waals surface area contributed by atoms with Crippen LogP contribution >= 0.6 is 11.3 Å². The van der Waals surface area contributed by atoms with E-state index >= 15 is 0 Å². The van der Waals surface area contributed by atoms with E-state index in [0.29, 0.717) is 24.6 Å². The van der Waals surface area contributed by atoms with Gasteiger partial charge in [0.15, 0.2) is 5.96 Å². The molecule has 1 aliphatic carbocycles. The summed E-state index contributed by atoms with van der Waals surface area (Å²) in [4.78, 5) is 12.9. The number of rotatable bonds is 7. The Labute approximate surface area is 190 Å². The normalized spacial score (nSPS) is 23.1. The van der Waals surface area contributed by atoms with Crippen LogP contribution in [0.2, 0.25) is 0 Å². The smallest absolute Gasteiger partial charge is 0.218 e. The van der Waals surface area contributed by atoms with E-state index in [1.807, 2.05) is 30.6 Å². The molecule has 2 unspecified atom stereocenters. The third-order valence-corrected chi connectivity index (χ3v) is 7.42. The number of nitrogens with zero attached hydrogens (tertiary/aromatic N) is 3. The van der Waals surface area contributed by atoms with Crippen molar-refractivity contribution in [2.45, 2.75) is 57.2 Å². The summed E-state index contributed by atoms with van der Waals surface area (Å²) in [6.07, 6.45) is 9.37. The SMILES string of the molecule is CN=C(NCc1cccnc1OC1CCCC1)NCC1CCCN(C)C1c1cccs1. The van der Waals surface area contributed by atoms with Crippen molar-refractivity contribution in [3.05, 3.63) is 46.3 Å². The zero-order valence-electron chi connectivity index (χ0n) is 18.7. The highest BCUT2D eigenvalue weighted by Crippen LogP contribution is 2.36. The molecule has 1 aliphatic heterocycles. The second kappa shape index (κ2) is 11.0. The molecule has 2 aromatic heterocycles. The Bertz CT molecular complexity index is 834. The van der Waals surface area contributed by atoms with Gasteiger partial charge in [-0.15, -0.1) is 11.3 Å². The molecule has 7 heteroatoms. The van der Waals surface area contributed by atoms with Crippen molar-refractivity contribution in [2.75, 3.05) is 27.2 Å². The van der Waals surface area contributed by atoms with Gasteiger partial charge in [-0.1, -0.05) is 12.1 Å². The minimum Gasteiger partial charge on any atom is -0.474 e. The molecular formula is C24H35N5OS. The molecule has 2 N–H and O–H groups in total. The van der Waals surface area contributed by atoms with E-state index in [2.05, 4.69) is 56.1 Å². The average molecular weight is 442 g/mol. The van der Waals surface area contributed by atoms with Gasteiger partial charge in [0.2, 0.25) is 5.88 Å². The second-order valence-corrected chi connectivity index (χ2v) is 9.62. The fraction of sp³-hybridized carbons (Fsp3) is 0.583. The predicted octanol–water partition coefficient (Wildman–Crippen LogP) is 4.21. The van der Waals surface area contributed by atoms with E-state index in [-0.39, 0.29) is 0 Å². The van der Waals surface area contributed by atoms with Crippen molar-refractivity contribution in [1.29, 1.82) is 0 Å². The number of aliphatic imine (C=N–C) groups is 1. The summed E-state index contributed by atoms with van der Waals surface area (Å²) in [7, 11) is 4.08. The van der Waals surface area contributed by atoms with Crippen molar-refractivity contribution in [1.82, 2.24) is 20.5 Å². The second-order valence-electron chi connectivity index (χ2n) is 8.64. The maximum Gasteiger partial charge on any atom is 0.218 e. The number of ether oxygens (including phenoxy) is 1. The van der Waals surface area contributed by atoms with Gasteiger partial charge in [-0.2, -0.15) is 0 Å². The van der Waals surface area contributed by atoms with Gasteiger partial charge >= 0.3 is 0 Å². The van der Waals surface area contributed by atoms with E-state index in [9.17, 15) is 0 Å². The first kappa shape index (κ1) is 22.1. The molecule has 6 nitrogen and oxygen atoms in total. The van der Waals surface area contributed by atoms with E-state index in [1.54, 1.807) is 0 Å². The first-order valence-corrected chi connectivity index (χ1v) is 12.4. The Morgan fingerprint density at radius 3 is 2.84 bits per heavy atom. The van der Waals surface area contributed by atoms with Gasteiger partial charge in [-0.3, -0.25) is 9.89 Å². The summed E-state index contributed by atoms with van der Waals surface area (Å²) in [5.74, 6) is 2.15. The Hall–Kier alpha value is -2.12. The molecule has 2 aromatic rings. The number of thiophene rings is 1. The van der Waals surface area contributed by atoms with Crippen LogP contribution in [-0.2, 0) is 6.54 Å². The minimum atomic E-state index is 0.309. The molecule has 168 valence electrons. The molecule has 3 heterocycles. The maximum atomic E-state index is 6.18. The highest BCUT2D eigenvalue weighted by atomic mass is 32.1. The number of hydrogen-bond donors (Lipinski definition) is 2. The number of guanidine groups is 1. The Morgan fingerprint density at radius 2 is 2.06 bits per heavy atom. The average Bonchev–Trinajstić information content (AvgIpc) is 3.49. The summed E-state index contributed by atoms with van der Waals surface area (Å²) in [5.41, 5.74) is 1.08. The third-order valence-electron chi connectivity index (χ3n) is 6.47. The number of piperidine rings is 1. The lowest BCUT2D eigenvalue weighted by molar-refractivity contribution is 0.125. The number of pyridine rings is 1. The van der Waals surface area contributed by atoms with E-state index in [1.165, 1.54) is 30.6 Å². The largest absolute Gasteiger partial charge is 0.474 e. The number of likely N-dealkylation sites (tertiary alicyclic amines) is 1. The molecule has 31 heavy (non-hydrogen) atoms.